The molecule has 2 rings (SSSR count). The largest absolute Gasteiger partial charge is 0.307 e. The van der Waals surface area contributed by atoms with Gasteiger partial charge in [-0.05, 0) is 37.0 Å². The van der Waals surface area contributed by atoms with Crippen molar-refractivity contribution in [1.82, 2.24) is 13.9 Å². The molecule has 0 aliphatic heterocycles. The van der Waals surface area contributed by atoms with E-state index in [4.69, 9.17) is 11.6 Å². The summed E-state index contributed by atoms with van der Waals surface area (Å²) >= 11 is 6.98. The van der Waals surface area contributed by atoms with Crippen LogP contribution in [0.2, 0.25) is 5.28 Å². The van der Waals surface area contributed by atoms with Gasteiger partial charge in [-0.1, -0.05) is 0 Å². The van der Waals surface area contributed by atoms with Crippen molar-refractivity contribution in [2.24, 2.45) is 7.05 Å². The fourth-order valence-corrected chi connectivity index (χ4v) is 3.66. The Morgan fingerprint density at radius 3 is 2.56 bits per heavy atom. The number of halogens is 1. The molecule has 0 saturated carbocycles. The van der Waals surface area contributed by atoms with Crippen molar-refractivity contribution in [3.8, 4) is 0 Å². The third-order valence-electron chi connectivity index (χ3n) is 2.43. The van der Waals surface area contributed by atoms with Gasteiger partial charge in [-0.2, -0.15) is 12.8 Å². The quantitative estimate of drug-likeness (QED) is 0.940. The lowest BCUT2D eigenvalue weighted by molar-refractivity contribution is 0.591. The van der Waals surface area contributed by atoms with Crippen LogP contribution in [-0.2, 0) is 17.1 Å². The zero-order valence-corrected chi connectivity index (χ0v) is 12.3. The molecule has 0 fully saturated rings. The average Bonchev–Trinajstić information content (AvgIpc) is 2.77. The first-order valence-corrected chi connectivity index (χ1v) is 7.59. The molecule has 0 bridgehead atoms. The lowest BCUT2D eigenvalue weighted by atomic mass is 10.3. The van der Waals surface area contributed by atoms with Crippen LogP contribution in [-0.4, -0.2) is 22.3 Å². The van der Waals surface area contributed by atoms with E-state index in [0.717, 1.165) is 4.88 Å². The number of aryl methyl sites for hydroxylation is 2. The van der Waals surface area contributed by atoms with E-state index in [0.29, 0.717) is 11.4 Å². The van der Waals surface area contributed by atoms with Gasteiger partial charge in [0.25, 0.3) is 10.0 Å². The molecule has 0 unspecified atom stereocenters. The highest BCUT2D eigenvalue weighted by atomic mass is 35.5. The van der Waals surface area contributed by atoms with E-state index in [1.807, 2.05) is 0 Å². The highest BCUT2D eigenvalue weighted by molar-refractivity contribution is 7.92. The van der Waals surface area contributed by atoms with Gasteiger partial charge in [-0.25, -0.2) is 4.98 Å². The Hall–Kier alpha value is -1.12. The molecule has 0 amide bonds. The van der Waals surface area contributed by atoms with Gasteiger partial charge in [-0.3, -0.25) is 4.72 Å². The lowest BCUT2D eigenvalue weighted by Crippen LogP contribution is -2.17. The maximum atomic E-state index is 12.2. The van der Waals surface area contributed by atoms with E-state index in [1.54, 1.807) is 13.8 Å². The van der Waals surface area contributed by atoms with Crippen LogP contribution in [0.25, 0.3) is 0 Å². The molecule has 98 valence electrons. The number of aromatic nitrogens is 3. The molecule has 0 aliphatic carbocycles. The second-order valence-corrected chi connectivity index (χ2v) is 6.67. The number of sulfonamides is 1. The number of hydrogen-bond donors (Lipinski definition) is 1. The Bertz CT molecular complexity index is 670. The minimum absolute atomic E-state index is 0.0116. The van der Waals surface area contributed by atoms with Gasteiger partial charge in [0.1, 0.15) is 0 Å². The van der Waals surface area contributed by atoms with Crippen molar-refractivity contribution < 1.29 is 8.42 Å². The van der Waals surface area contributed by atoms with E-state index < -0.39 is 10.0 Å². The van der Waals surface area contributed by atoms with Gasteiger partial charge in [0.05, 0.1) is 17.6 Å². The second-order valence-electron chi connectivity index (χ2n) is 3.73. The van der Waals surface area contributed by atoms with Crippen LogP contribution in [0.5, 0.6) is 0 Å². The fourth-order valence-electron chi connectivity index (χ4n) is 1.44. The fraction of sp³-hybridized carbons (Fsp3) is 0.333. The second kappa shape index (κ2) is 4.52. The van der Waals surface area contributed by atoms with Crippen LogP contribution >= 0.6 is 23.1 Å². The van der Waals surface area contributed by atoms with Crippen molar-refractivity contribution in [2.45, 2.75) is 18.9 Å². The standard InChI is InChI=1S/C9H11ClN4O2S2/c1-5-8(6(2)17-12-5)13-18(15,16)7-4-11-9(10)14(7)3/h4,13H,1-3H3. The number of nitrogens with one attached hydrogen (secondary N) is 1. The molecule has 2 aromatic heterocycles. The Kier molecular flexibility index (Phi) is 3.35. The summed E-state index contributed by atoms with van der Waals surface area (Å²) in [6.45, 7) is 3.55. The Labute approximate surface area is 114 Å². The minimum Gasteiger partial charge on any atom is -0.307 e. The predicted octanol–water partition coefficient (Wildman–Crippen LogP) is 1.95. The molecule has 0 saturated heterocycles. The first-order valence-electron chi connectivity index (χ1n) is 4.96. The van der Waals surface area contributed by atoms with Crippen molar-refractivity contribution in [3.63, 3.8) is 0 Å². The highest BCUT2D eigenvalue weighted by Crippen LogP contribution is 2.26. The molecule has 0 spiro atoms. The van der Waals surface area contributed by atoms with Gasteiger partial charge in [0.15, 0.2) is 5.03 Å². The van der Waals surface area contributed by atoms with E-state index in [-0.39, 0.29) is 10.3 Å². The maximum absolute atomic E-state index is 12.2. The molecule has 0 atom stereocenters. The molecule has 0 aromatic carbocycles. The van der Waals surface area contributed by atoms with Crippen LogP contribution in [0.1, 0.15) is 10.6 Å². The Balaban J connectivity index is 2.43. The molecular formula is C9H11ClN4O2S2. The van der Waals surface area contributed by atoms with Crippen LogP contribution in [0.4, 0.5) is 5.69 Å². The smallest absolute Gasteiger partial charge is 0.279 e. The third-order valence-corrected chi connectivity index (χ3v) is 5.03. The summed E-state index contributed by atoms with van der Waals surface area (Å²) in [4.78, 5) is 4.56. The van der Waals surface area contributed by atoms with Crippen molar-refractivity contribution in [3.05, 3.63) is 22.1 Å². The van der Waals surface area contributed by atoms with Gasteiger partial charge >= 0.3 is 0 Å². The summed E-state index contributed by atoms with van der Waals surface area (Å²) in [5, 5.41) is 0.129. The van der Waals surface area contributed by atoms with Crippen LogP contribution in [0.3, 0.4) is 0 Å². The zero-order chi connectivity index (χ0) is 13.5. The predicted molar refractivity (Wildman–Crippen MR) is 70.6 cm³/mol. The van der Waals surface area contributed by atoms with Crippen LogP contribution in [0, 0.1) is 13.8 Å². The van der Waals surface area contributed by atoms with E-state index in [9.17, 15) is 8.42 Å². The number of anilines is 1. The van der Waals surface area contributed by atoms with E-state index in [2.05, 4.69) is 14.1 Å². The maximum Gasteiger partial charge on any atom is 0.279 e. The SMILES string of the molecule is Cc1nsc(C)c1NS(=O)(=O)c1cnc(Cl)n1C. The Morgan fingerprint density at radius 1 is 1.44 bits per heavy atom. The first-order chi connectivity index (χ1) is 8.33. The van der Waals surface area contributed by atoms with Crippen LogP contribution < -0.4 is 4.72 Å². The summed E-state index contributed by atoms with van der Waals surface area (Å²) in [5.41, 5.74) is 1.16. The molecular weight excluding hydrogens is 296 g/mol. The summed E-state index contributed by atoms with van der Waals surface area (Å²) in [7, 11) is -2.17. The number of nitrogens with zero attached hydrogens (tertiary/aromatic N) is 3. The molecule has 0 aliphatic rings. The van der Waals surface area contributed by atoms with Gasteiger partial charge in [0, 0.05) is 11.9 Å². The summed E-state index contributed by atoms with van der Waals surface area (Å²) in [5.74, 6) is 0. The molecule has 0 radical (unpaired) electrons. The highest BCUT2D eigenvalue weighted by Gasteiger charge is 2.22. The monoisotopic (exact) mass is 306 g/mol. The molecule has 1 N–H and O–H groups in total. The summed E-state index contributed by atoms with van der Waals surface area (Å²) < 4.78 is 32.3. The number of rotatable bonds is 3. The molecule has 2 aromatic rings. The summed E-state index contributed by atoms with van der Waals surface area (Å²) in [6, 6.07) is 0. The molecule has 2 heterocycles. The normalized spacial score (nSPS) is 11.8. The zero-order valence-electron chi connectivity index (χ0n) is 9.93. The first kappa shape index (κ1) is 13.3. The van der Waals surface area contributed by atoms with Gasteiger partial charge < -0.3 is 4.57 Å². The van der Waals surface area contributed by atoms with Crippen LogP contribution in [0.15, 0.2) is 11.2 Å². The third kappa shape index (κ3) is 2.23. The lowest BCUT2D eigenvalue weighted by Gasteiger charge is -2.08. The number of imidazole rings is 1. The minimum atomic E-state index is -3.71. The van der Waals surface area contributed by atoms with Crippen molar-refractivity contribution in [1.29, 1.82) is 0 Å². The molecule has 9 heteroatoms. The molecule has 6 nitrogen and oxygen atoms in total. The number of hydrogen-bond acceptors (Lipinski definition) is 5. The van der Waals surface area contributed by atoms with Gasteiger partial charge in [-0.15, -0.1) is 0 Å². The van der Waals surface area contributed by atoms with E-state index in [1.165, 1.54) is 29.3 Å². The average molecular weight is 307 g/mol. The van der Waals surface area contributed by atoms with E-state index >= 15 is 0 Å². The Morgan fingerprint density at radius 2 is 2.11 bits per heavy atom. The topological polar surface area (TPSA) is 76.9 Å². The summed E-state index contributed by atoms with van der Waals surface area (Å²) in [6.07, 6.45) is 1.22. The van der Waals surface area contributed by atoms with Crippen molar-refractivity contribution in [2.75, 3.05) is 4.72 Å². The van der Waals surface area contributed by atoms with Gasteiger partial charge in [0.2, 0.25) is 5.28 Å². The molecule has 18 heavy (non-hydrogen) atoms. The van der Waals surface area contributed by atoms with Crippen molar-refractivity contribution >= 4 is 38.8 Å².